The van der Waals surface area contributed by atoms with E-state index in [0.717, 1.165) is 11.4 Å². The van der Waals surface area contributed by atoms with Crippen molar-refractivity contribution in [3.8, 4) is 0 Å². The second-order valence-corrected chi connectivity index (χ2v) is 7.29. The van der Waals surface area contributed by atoms with Crippen molar-refractivity contribution in [2.75, 3.05) is 11.1 Å². The van der Waals surface area contributed by atoms with Crippen LogP contribution in [0.1, 0.15) is 11.4 Å². The Bertz CT molecular complexity index is 895. The van der Waals surface area contributed by atoms with Gasteiger partial charge in [0.25, 0.3) is 0 Å². The second kappa shape index (κ2) is 8.58. The normalized spacial score (nSPS) is 10.7. The van der Waals surface area contributed by atoms with Crippen LogP contribution in [0, 0.1) is 6.92 Å². The van der Waals surface area contributed by atoms with Crippen LogP contribution in [-0.2, 0) is 11.3 Å². The van der Waals surface area contributed by atoms with Crippen molar-refractivity contribution in [1.29, 1.82) is 0 Å². The molecule has 0 spiro atoms. The van der Waals surface area contributed by atoms with Gasteiger partial charge in [-0.1, -0.05) is 71.4 Å². The number of thioether (sulfide) groups is 1. The molecule has 3 rings (SSSR count). The molecule has 1 N–H and O–H groups in total. The summed E-state index contributed by atoms with van der Waals surface area (Å²) in [6.07, 6.45) is 0. The largest absolute Gasteiger partial charge is 0.323 e. The summed E-state index contributed by atoms with van der Waals surface area (Å²) < 4.78 is 1.98. The van der Waals surface area contributed by atoms with Gasteiger partial charge in [0.15, 0.2) is 5.16 Å². The third kappa shape index (κ3) is 4.58. The SMILES string of the molecule is Cc1nnc(SCC(=O)Nc2c(Cl)cccc2Cl)n1Cc1ccccc1. The summed E-state index contributed by atoms with van der Waals surface area (Å²) in [5.41, 5.74) is 1.56. The number of nitrogens with zero attached hydrogens (tertiary/aromatic N) is 3. The summed E-state index contributed by atoms with van der Waals surface area (Å²) in [5.74, 6) is 0.761. The number of hydrogen-bond donors (Lipinski definition) is 1. The maximum atomic E-state index is 12.3. The van der Waals surface area contributed by atoms with Gasteiger partial charge >= 0.3 is 0 Å². The zero-order valence-corrected chi connectivity index (χ0v) is 16.3. The molecular formula is C18H16Cl2N4OS. The first-order valence-electron chi connectivity index (χ1n) is 7.85. The van der Waals surface area contributed by atoms with Crippen molar-refractivity contribution in [3.63, 3.8) is 0 Å². The quantitative estimate of drug-likeness (QED) is 0.604. The lowest BCUT2D eigenvalue weighted by Gasteiger charge is -2.10. The van der Waals surface area contributed by atoms with Gasteiger partial charge in [0.2, 0.25) is 5.91 Å². The molecule has 1 heterocycles. The Balaban J connectivity index is 1.66. The molecule has 26 heavy (non-hydrogen) atoms. The number of carbonyl (C=O) groups excluding carboxylic acids is 1. The van der Waals surface area contributed by atoms with E-state index in [1.807, 2.05) is 41.8 Å². The lowest BCUT2D eigenvalue weighted by atomic mass is 10.2. The third-order valence-electron chi connectivity index (χ3n) is 3.64. The molecule has 3 aromatic rings. The molecule has 0 saturated heterocycles. The number of amides is 1. The van der Waals surface area contributed by atoms with Crippen LogP contribution in [0.5, 0.6) is 0 Å². The lowest BCUT2D eigenvalue weighted by Crippen LogP contribution is -2.15. The van der Waals surface area contributed by atoms with E-state index in [2.05, 4.69) is 15.5 Å². The van der Waals surface area contributed by atoms with Gasteiger partial charge in [-0.2, -0.15) is 0 Å². The average molecular weight is 407 g/mol. The molecule has 0 aliphatic rings. The highest BCUT2D eigenvalue weighted by atomic mass is 35.5. The van der Waals surface area contributed by atoms with Gasteiger partial charge in [0.05, 0.1) is 28.0 Å². The maximum Gasteiger partial charge on any atom is 0.234 e. The Kier molecular flexibility index (Phi) is 6.19. The molecule has 0 unspecified atom stereocenters. The van der Waals surface area contributed by atoms with Gasteiger partial charge in [-0.3, -0.25) is 4.79 Å². The Hall–Kier alpha value is -2.02. The minimum Gasteiger partial charge on any atom is -0.323 e. The molecule has 134 valence electrons. The van der Waals surface area contributed by atoms with Crippen LogP contribution >= 0.6 is 35.0 Å². The molecule has 0 atom stereocenters. The monoisotopic (exact) mass is 406 g/mol. The van der Waals surface area contributed by atoms with Gasteiger partial charge in [-0.15, -0.1) is 10.2 Å². The fourth-order valence-corrected chi connectivity index (χ4v) is 3.61. The Morgan fingerprint density at radius 1 is 1.08 bits per heavy atom. The molecule has 0 saturated carbocycles. The molecule has 0 bridgehead atoms. The van der Waals surface area contributed by atoms with E-state index in [9.17, 15) is 4.79 Å². The number of rotatable bonds is 6. The molecule has 8 heteroatoms. The van der Waals surface area contributed by atoms with Crippen molar-refractivity contribution in [2.24, 2.45) is 0 Å². The average Bonchev–Trinajstić information content (AvgIpc) is 2.97. The second-order valence-electron chi connectivity index (χ2n) is 5.54. The lowest BCUT2D eigenvalue weighted by molar-refractivity contribution is -0.113. The van der Waals surface area contributed by atoms with Crippen LogP contribution in [0.25, 0.3) is 0 Å². The molecule has 5 nitrogen and oxygen atoms in total. The molecule has 0 aliphatic carbocycles. The summed E-state index contributed by atoms with van der Waals surface area (Å²) >= 11 is 13.5. The summed E-state index contributed by atoms with van der Waals surface area (Å²) in [6, 6.07) is 15.1. The summed E-state index contributed by atoms with van der Waals surface area (Å²) in [4.78, 5) is 12.3. The van der Waals surface area contributed by atoms with Crippen molar-refractivity contribution < 1.29 is 4.79 Å². The van der Waals surface area contributed by atoms with Crippen LogP contribution < -0.4 is 5.32 Å². The minimum absolute atomic E-state index is 0.175. The standard InChI is InChI=1S/C18H16Cl2N4OS/c1-12-22-23-18(24(12)10-13-6-3-2-4-7-13)26-11-16(25)21-17-14(19)8-5-9-15(17)20/h2-9H,10-11H2,1H3,(H,21,25). The van der Waals surface area contributed by atoms with Crippen molar-refractivity contribution in [3.05, 3.63) is 70.0 Å². The molecule has 2 aromatic carbocycles. The molecule has 1 aromatic heterocycles. The highest BCUT2D eigenvalue weighted by Gasteiger charge is 2.14. The first kappa shape index (κ1) is 18.8. The number of benzene rings is 2. The summed E-state index contributed by atoms with van der Waals surface area (Å²) in [5, 5.41) is 12.5. The molecule has 0 aliphatic heterocycles. The first-order valence-corrected chi connectivity index (χ1v) is 9.59. The zero-order chi connectivity index (χ0) is 18.5. The fraction of sp³-hybridized carbons (Fsp3) is 0.167. The van der Waals surface area contributed by atoms with Crippen LogP contribution in [0.15, 0.2) is 53.7 Å². The minimum atomic E-state index is -0.211. The van der Waals surface area contributed by atoms with Crippen molar-refractivity contribution in [1.82, 2.24) is 14.8 Å². The smallest absolute Gasteiger partial charge is 0.234 e. The Morgan fingerprint density at radius 3 is 2.46 bits per heavy atom. The zero-order valence-electron chi connectivity index (χ0n) is 13.9. The highest BCUT2D eigenvalue weighted by Crippen LogP contribution is 2.30. The number of anilines is 1. The molecule has 1 amide bonds. The number of hydrogen-bond acceptors (Lipinski definition) is 4. The number of halogens is 2. The van der Waals surface area contributed by atoms with E-state index >= 15 is 0 Å². The van der Waals surface area contributed by atoms with E-state index < -0.39 is 0 Å². The van der Waals surface area contributed by atoms with Gasteiger partial charge in [-0.05, 0) is 24.6 Å². The number of aryl methyl sites for hydroxylation is 1. The number of carbonyl (C=O) groups is 1. The van der Waals surface area contributed by atoms with Gasteiger partial charge < -0.3 is 9.88 Å². The van der Waals surface area contributed by atoms with Gasteiger partial charge in [0, 0.05) is 0 Å². The van der Waals surface area contributed by atoms with E-state index in [4.69, 9.17) is 23.2 Å². The third-order valence-corrected chi connectivity index (χ3v) is 5.24. The van der Waals surface area contributed by atoms with Crippen LogP contribution in [0.3, 0.4) is 0 Å². The van der Waals surface area contributed by atoms with E-state index in [0.29, 0.717) is 27.4 Å². The Labute approximate surface area is 165 Å². The predicted molar refractivity (Wildman–Crippen MR) is 106 cm³/mol. The number of aromatic nitrogens is 3. The van der Waals surface area contributed by atoms with E-state index in [1.165, 1.54) is 11.8 Å². The van der Waals surface area contributed by atoms with E-state index in [-0.39, 0.29) is 11.7 Å². The summed E-state index contributed by atoms with van der Waals surface area (Å²) in [6.45, 7) is 2.55. The van der Waals surface area contributed by atoms with Crippen LogP contribution in [0.2, 0.25) is 10.0 Å². The fourth-order valence-electron chi connectivity index (χ4n) is 2.34. The molecule has 0 fully saturated rings. The van der Waals surface area contributed by atoms with Crippen molar-refractivity contribution in [2.45, 2.75) is 18.6 Å². The highest BCUT2D eigenvalue weighted by molar-refractivity contribution is 7.99. The maximum absolute atomic E-state index is 12.3. The van der Waals surface area contributed by atoms with Crippen molar-refractivity contribution >= 4 is 46.6 Å². The van der Waals surface area contributed by atoms with Gasteiger partial charge in [0.1, 0.15) is 5.82 Å². The first-order chi connectivity index (χ1) is 12.5. The topological polar surface area (TPSA) is 59.8 Å². The molecule has 0 radical (unpaired) electrons. The summed E-state index contributed by atoms with van der Waals surface area (Å²) in [7, 11) is 0. The number of nitrogens with one attached hydrogen (secondary N) is 1. The Morgan fingerprint density at radius 2 is 1.77 bits per heavy atom. The van der Waals surface area contributed by atoms with Crippen LogP contribution in [0.4, 0.5) is 5.69 Å². The number of para-hydroxylation sites is 1. The van der Waals surface area contributed by atoms with E-state index in [1.54, 1.807) is 18.2 Å². The predicted octanol–water partition coefficient (Wildman–Crippen LogP) is 4.67. The van der Waals surface area contributed by atoms with Gasteiger partial charge in [-0.25, -0.2) is 0 Å². The molecular weight excluding hydrogens is 391 g/mol. The van der Waals surface area contributed by atoms with Crippen LogP contribution in [-0.4, -0.2) is 26.4 Å².